The molecule has 1 N–H and O–H groups in total. The fraction of sp³-hybridized carbons (Fsp3) is 0.222. The molecule has 0 saturated carbocycles. The van der Waals surface area contributed by atoms with Gasteiger partial charge in [0.2, 0.25) is 0 Å². The lowest BCUT2D eigenvalue weighted by molar-refractivity contribution is 0.959. The lowest BCUT2D eigenvalue weighted by atomic mass is 10.2. The van der Waals surface area contributed by atoms with E-state index in [0.717, 1.165) is 29.4 Å². The van der Waals surface area contributed by atoms with Crippen molar-refractivity contribution in [3.05, 3.63) is 29.8 Å². The minimum atomic E-state index is 0.872. The second-order valence-corrected chi connectivity index (χ2v) is 3.16. The van der Waals surface area contributed by atoms with E-state index in [1.807, 2.05) is 24.3 Å². The van der Waals surface area contributed by atoms with Gasteiger partial charge in [0, 0.05) is 17.0 Å². The number of rotatable bonds is 1. The zero-order valence-corrected chi connectivity index (χ0v) is 7.51. The van der Waals surface area contributed by atoms with Gasteiger partial charge >= 0.3 is 0 Å². The standard InChI is InChI=1S/C9H10N2S/c12-8-4-2-1-3-7(8)9-10-5-6-11-9/h1-4,12H,5-6H2,(H,10,11). The van der Waals surface area contributed by atoms with Gasteiger partial charge in [0.15, 0.2) is 0 Å². The van der Waals surface area contributed by atoms with Crippen LogP contribution >= 0.6 is 12.6 Å². The Hall–Kier alpha value is -0.960. The van der Waals surface area contributed by atoms with Crippen LogP contribution in [0.4, 0.5) is 0 Å². The highest BCUT2D eigenvalue weighted by atomic mass is 32.1. The number of nitrogens with one attached hydrogen (secondary N) is 1. The van der Waals surface area contributed by atoms with E-state index in [9.17, 15) is 0 Å². The van der Waals surface area contributed by atoms with Crippen LogP contribution in [0, 0.1) is 0 Å². The number of hydrogen-bond donors (Lipinski definition) is 2. The van der Waals surface area contributed by atoms with Crippen molar-refractivity contribution in [2.75, 3.05) is 13.1 Å². The van der Waals surface area contributed by atoms with Gasteiger partial charge in [-0.1, -0.05) is 18.2 Å². The Balaban J connectivity index is 2.39. The van der Waals surface area contributed by atoms with Crippen molar-refractivity contribution in [1.82, 2.24) is 5.32 Å². The molecule has 0 radical (unpaired) electrons. The average Bonchev–Trinajstić information content (AvgIpc) is 2.57. The molecule has 2 rings (SSSR count). The van der Waals surface area contributed by atoms with Crippen molar-refractivity contribution in [3.63, 3.8) is 0 Å². The summed E-state index contributed by atoms with van der Waals surface area (Å²) < 4.78 is 0. The van der Waals surface area contributed by atoms with Crippen LogP contribution in [0.15, 0.2) is 34.2 Å². The second-order valence-electron chi connectivity index (χ2n) is 2.67. The molecule has 0 spiro atoms. The van der Waals surface area contributed by atoms with Crippen molar-refractivity contribution in [3.8, 4) is 0 Å². The molecular weight excluding hydrogens is 168 g/mol. The number of hydrogen-bond acceptors (Lipinski definition) is 3. The Kier molecular flexibility index (Phi) is 2.04. The largest absolute Gasteiger partial charge is 0.368 e. The molecule has 1 aromatic rings. The highest BCUT2D eigenvalue weighted by Gasteiger charge is 2.09. The molecule has 1 aromatic carbocycles. The molecule has 1 aliphatic heterocycles. The molecule has 1 aliphatic rings. The van der Waals surface area contributed by atoms with Gasteiger partial charge in [0.1, 0.15) is 5.84 Å². The number of benzene rings is 1. The van der Waals surface area contributed by atoms with Crippen LogP contribution in [-0.2, 0) is 0 Å². The Morgan fingerprint density at radius 2 is 2.17 bits per heavy atom. The smallest absolute Gasteiger partial charge is 0.129 e. The maximum atomic E-state index is 4.35. The van der Waals surface area contributed by atoms with E-state index in [-0.39, 0.29) is 0 Å². The molecule has 1 heterocycles. The Morgan fingerprint density at radius 3 is 2.83 bits per heavy atom. The second kappa shape index (κ2) is 3.19. The lowest BCUT2D eigenvalue weighted by Crippen LogP contribution is -2.19. The van der Waals surface area contributed by atoms with Crippen LogP contribution in [0.3, 0.4) is 0 Å². The first-order valence-electron chi connectivity index (χ1n) is 3.94. The van der Waals surface area contributed by atoms with Crippen molar-refractivity contribution in [2.24, 2.45) is 4.99 Å². The average molecular weight is 178 g/mol. The van der Waals surface area contributed by atoms with Gasteiger partial charge in [0.05, 0.1) is 6.54 Å². The highest BCUT2D eigenvalue weighted by Crippen LogP contribution is 2.13. The van der Waals surface area contributed by atoms with Crippen LogP contribution in [0.25, 0.3) is 0 Å². The van der Waals surface area contributed by atoms with E-state index >= 15 is 0 Å². The maximum Gasteiger partial charge on any atom is 0.129 e. The van der Waals surface area contributed by atoms with Gasteiger partial charge in [-0.25, -0.2) is 0 Å². The van der Waals surface area contributed by atoms with Gasteiger partial charge in [0.25, 0.3) is 0 Å². The fourth-order valence-electron chi connectivity index (χ4n) is 1.25. The summed E-state index contributed by atoms with van der Waals surface area (Å²) in [4.78, 5) is 5.30. The molecule has 0 fully saturated rings. The lowest BCUT2D eigenvalue weighted by Gasteiger charge is -2.04. The Morgan fingerprint density at radius 1 is 1.33 bits per heavy atom. The number of nitrogens with zero attached hydrogens (tertiary/aromatic N) is 1. The zero-order chi connectivity index (χ0) is 8.39. The SMILES string of the molecule is Sc1ccccc1C1=NCCN1. The van der Waals surface area contributed by atoms with Crippen LogP contribution in [-0.4, -0.2) is 18.9 Å². The molecule has 0 unspecified atom stereocenters. The maximum absolute atomic E-state index is 4.35. The van der Waals surface area contributed by atoms with Crippen LogP contribution < -0.4 is 5.32 Å². The third-order valence-corrected chi connectivity index (χ3v) is 2.22. The molecule has 0 saturated heterocycles. The monoisotopic (exact) mass is 178 g/mol. The van der Waals surface area contributed by atoms with Crippen LogP contribution in [0.2, 0.25) is 0 Å². The minimum absolute atomic E-state index is 0.872. The summed E-state index contributed by atoms with van der Waals surface area (Å²) in [6, 6.07) is 7.97. The molecule has 3 heteroatoms. The number of amidine groups is 1. The quantitative estimate of drug-likeness (QED) is 0.623. The molecular formula is C9H10N2S. The fourth-order valence-corrected chi connectivity index (χ4v) is 1.52. The normalized spacial score (nSPS) is 15.6. The van der Waals surface area contributed by atoms with Crippen molar-refractivity contribution in [2.45, 2.75) is 4.90 Å². The Labute approximate surface area is 77.1 Å². The van der Waals surface area contributed by atoms with Gasteiger partial charge in [-0.2, -0.15) is 0 Å². The third kappa shape index (κ3) is 1.32. The van der Waals surface area contributed by atoms with E-state index in [1.54, 1.807) is 0 Å². The minimum Gasteiger partial charge on any atom is -0.368 e. The van der Waals surface area contributed by atoms with E-state index in [1.165, 1.54) is 0 Å². The first kappa shape index (κ1) is 7.68. The summed E-state index contributed by atoms with van der Waals surface area (Å²) in [5, 5.41) is 3.21. The number of aliphatic imine (C=N–C) groups is 1. The van der Waals surface area contributed by atoms with E-state index in [0.29, 0.717) is 0 Å². The molecule has 0 amide bonds. The van der Waals surface area contributed by atoms with E-state index < -0.39 is 0 Å². The molecule has 2 nitrogen and oxygen atoms in total. The molecule has 0 bridgehead atoms. The number of thiol groups is 1. The van der Waals surface area contributed by atoms with Gasteiger partial charge in [-0.05, 0) is 6.07 Å². The van der Waals surface area contributed by atoms with E-state index in [4.69, 9.17) is 0 Å². The summed E-state index contributed by atoms with van der Waals surface area (Å²) in [5.74, 6) is 0.973. The third-order valence-electron chi connectivity index (χ3n) is 1.83. The van der Waals surface area contributed by atoms with Crippen molar-refractivity contribution >= 4 is 18.5 Å². The van der Waals surface area contributed by atoms with Crippen molar-refractivity contribution < 1.29 is 0 Å². The molecule has 62 valence electrons. The molecule has 12 heavy (non-hydrogen) atoms. The van der Waals surface area contributed by atoms with Gasteiger partial charge in [-0.15, -0.1) is 12.6 Å². The Bertz CT molecular complexity index is 320. The molecule has 0 atom stereocenters. The highest BCUT2D eigenvalue weighted by molar-refractivity contribution is 7.80. The van der Waals surface area contributed by atoms with Crippen molar-refractivity contribution in [1.29, 1.82) is 0 Å². The summed E-state index contributed by atoms with van der Waals surface area (Å²) >= 11 is 4.35. The van der Waals surface area contributed by atoms with Gasteiger partial charge in [-0.3, -0.25) is 4.99 Å². The van der Waals surface area contributed by atoms with Gasteiger partial charge < -0.3 is 5.32 Å². The first-order valence-corrected chi connectivity index (χ1v) is 4.39. The molecule has 0 aromatic heterocycles. The summed E-state index contributed by atoms with van der Waals surface area (Å²) in [6.45, 7) is 1.81. The first-order chi connectivity index (χ1) is 5.88. The summed E-state index contributed by atoms with van der Waals surface area (Å²) in [7, 11) is 0. The summed E-state index contributed by atoms with van der Waals surface area (Å²) in [6.07, 6.45) is 0. The predicted molar refractivity (Wildman–Crippen MR) is 53.1 cm³/mol. The summed E-state index contributed by atoms with van der Waals surface area (Å²) in [5.41, 5.74) is 1.10. The van der Waals surface area contributed by atoms with Crippen LogP contribution in [0.1, 0.15) is 5.56 Å². The zero-order valence-electron chi connectivity index (χ0n) is 6.62. The predicted octanol–water partition coefficient (Wildman–Crippen LogP) is 1.33. The van der Waals surface area contributed by atoms with Crippen LogP contribution in [0.5, 0.6) is 0 Å². The van der Waals surface area contributed by atoms with E-state index in [2.05, 4.69) is 22.9 Å². The topological polar surface area (TPSA) is 24.4 Å². The molecule has 0 aliphatic carbocycles.